The van der Waals surface area contributed by atoms with Crippen molar-refractivity contribution >= 4 is 21.1 Å². The molecule has 7 heteroatoms. The third kappa shape index (κ3) is 2.65. The highest BCUT2D eigenvalue weighted by atomic mass is 32.2. The Hall–Kier alpha value is -2.41. The highest BCUT2D eigenvalue weighted by Gasteiger charge is 2.24. The predicted molar refractivity (Wildman–Crippen MR) is 91.9 cm³/mol. The first-order chi connectivity index (χ1) is 11.3. The van der Waals surface area contributed by atoms with Crippen molar-refractivity contribution in [3.63, 3.8) is 0 Å². The molecule has 24 heavy (non-hydrogen) atoms. The number of rotatable bonds is 4. The number of nitrogens with zero attached hydrogens (tertiary/aromatic N) is 3. The number of hydrogen-bond donors (Lipinski definition) is 0. The Balaban J connectivity index is 2.18. The highest BCUT2D eigenvalue weighted by Crippen LogP contribution is 2.28. The summed E-state index contributed by atoms with van der Waals surface area (Å²) in [6, 6.07) is 8.74. The average molecular weight is 345 g/mol. The summed E-state index contributed by atoms with van der Waals surface area (Å²) >= 11 is 0. The monoisotopic (exact) mass is 345 g/mol. The van der Waals surface area contributed by atoms with E-state index in [4.69, 9.17) is 4.74 Å². The molecule has 0 spiro atoms. The number of benzene rings is 2. The van der Waals surface area contributed by atoms with Crippen LogP contribution in [0.1, 0.15) is 23.6 Å². The quantitative estimate of drug-likeness (QED) is 0.727. The molecule has 0 bridgehead atoms. The minimum Gasteiger partial charge on any atom is -0.494 e. The van der Waals surface area contributed by atoms with Crippen LogP contribution in [0.25, 0.3) is 11.0 Å². The Morgan fingerprint density at radius 3 is 2.54 bits per heavy atom. The summed E-state index contributed by atoms with van der Waals surface area (Å²) in [4.78, 5) is 0.204. The summed E-state index contributed by atoms with van der Waals surface area (Å²) in [6.07, 6.45) is 0. The van der Waals surface area contributed by atoms with Crippen LogP contribution in [0, 0.1) is 20.8 Å². The van der Waals surface area contributed by atoms with Gasteiger partial charge in [-0.15, -0.1) is 9.19 Å². The predicted octanol–water partition coefficient (Wildman–Crippen LogP) is 2.99. The van der Waals surface area contributed by atoms with Crippen LogP contribution in [0.3, 0.4) is 0 Å². The highest BCUT2D eigenvalue weighted by molar-refractivity contribution is 7.90. The van der Waals surface area contributed by atoms with E-state index in [-0.39, 0.29) is 4.90 Å². The number of hydrogen-bond acceptors (Lipinski definition) is 5. The molecule has 0 amide bonds. The first kappa shape index (κ1) is 16.4. The molecule has 3 aromatic rings. The van der Waals surface area contributed by atoms with E-state index in [1.807, 2.05) is 32.9 Å². The second kappa shape index (κ2) is 5.90. The summed E-state index contributed by atoms with van der Waals surface area (Å²) in [5, 5.41) is 7.84. The minimum absolute atomic E-state index is 0.204. The van der Waals surface area contributed by atoms with Crippen molar-refractivity contribution in [2.24, 2.45) is 0 Å². The normalized spacial score (nSPS) is 11.8. The summed E-state index contributed by atoms with van der Waals surface area (Å²) in [6.45, 7) is 7.92. The average Bonchev–Trinajstić information content (AvgIpc) is 2.94. The molecule has 0 unspecified atom stereocenters. The summed E-state index contributed by atoms with van der Waals surface area (Å²) < 4.78 is 32.6. The number of fused-ring (bicyclic) bond motifs is 1. The molecular weight excluding hydrogens is 326 g/mol. The Bertz CT molecular complexity index is 1020. The van der Waals surface area contributed by atoms with Crippen LogP contribution in [0.2, 0.25) is 0 Å². The third-order valence-electron chi connectivity index (χ3n) is 3.85. The van der Waals surface area contributed by atoms with Crippen LogP contribution < -0.4 is 4.74 Å². The maximum atomic E-state index is 13.1. The van der Waals surface area contributed by atoms with Crippen molar-refractivity contribution in [2.45, 2.75) is 32.6 Å². The van der Waals surface area contributed by atoms with Crippen molar-refractivity contribution in [3.05, 3.63) is 47.0 Å². The standard InChI is InChI=1S/C17H19N3O3S/c1-5-23-16-9-13(4)17(10-12(16)3)24(21,22)20-15-7-6-11(2)8-14(15)18-19-20/h6-10H,5H2,1-4H3. The van der Waals surface area contributed by atoms with Crippen LogP contribution in [0.5, 0.6) is 5.75 Å². The molecule has 1 heterocycles. The zero-order valence-electron chi connectivity index (χ0n) is 14.1. The largest absolute Gasteiger partial charge is 0.494 e. The van der Waals surface area contributed by atoms with Gasteiger partial charge in [-0.2, -0.15) is 8.42 Å². The van der Waals surface area contributed by atoms with Gasteiger partial charge in [-0.05, 0) is 68.7 Å². The van der Waals surface area contributed by atoms with Gasteiger partial charge in [-0.25, -0.2) is 0 Å². The first-order valence-electron chi connectivity index (χ1n) is 7.66. The Kier molecular flexibility index (Phi) is 4.04. The van der Waals surface area contributed by atoms with Crippen molar-refractivity contribution < 1.29 is 13.2 Å². The van der Waals surface area contributed by atoms with Crippen molar-refractivity contribution in [1.82, 2.24) is 14.4 Å². The van der Waals surface area contributed by atoms with Crippen LogP contribution in [-0.4, -0.2) is 29.4 Å². The molecule has 3 rings (SSSR count). The van der Waals surface area contributed by atoms with E-state index in [2.05, 4.69) is 10.3 Å². The molecule has 0 saturated heterocycles. The Morgan fingerprint density at radius 2 is 1.83 bits per heavy atom. The fourth-order valence-electron chi connectivity index (χ4n) is 2.64. The molecule has 126 valence electrons. The molecule has 0 saturated carbocycles. The van der Waals surface area contributed by atoms with Crippen LogP contribution >= 0.6 is 0 Å². The molecule has 0 aliphatic carbocycles. The SMILES string of the molecule is CCOc1cc(C)c(S(=O)(=O)n2nnc3cc(C)ccc32)cc1C. The summed E-state index contributed by atoms with van der Waals surface area (Å²) in [5.41, 5.74) is 3.39. The lowest BCUT2D eigenvalue weighted by molar-refractivity contribution is 0.337. The van der Waals surface area contributed by atoms with E-state index in [0.29, 0.717) is 29.0 Å². The molecule has 0 atom stereocenters. The van der Waals surface area contributed by atoms with Gasteiger partial charge >= 0.3 is 0 Å². The van der Waals surface area contributed by atoms with E-state index in [0.717, 1.165) is 15.2 Å². The molecule has 0 radical (unpaired) electrons. The van der Waals surface area contributed by atoms with E-state index in [9.17, 15) is 8.42 Å². The van der Waals surface area contributed by atoms with Gasteiger partial charge in [0.1, 0.15) is 16.8 Å². The van der Waals surface area contributed by atoms with Gasteiger partial charge in [-0.1, -0.05) is 11.3 Å². The zero-order chi connectivity index (χ0) is 17.5. The molecule has 0 aliphatic heterocycles. The van der Waals surface area contributed by atoms with E-state index in [1.54, 1.807) is 25.1 Å². The van der Waals surface area contributed by atoms with E-state index < -0.39 is 10.0 Å². The minimum atomic E-state index is -3.83. The molecular formula is C17H19N3O3S. The fraction of sp³-hybridized carbons (Fsp3) is 0.294. The molecule has 0 fully saturated rings. The van der Waals surface area contributed by atoms with Gasteiger partial charge in [0.05, 0.1) is 11.5 Å². The lowest BCUT2D eigenvalue weighted by Crippen LogP contribution is -2.16. The second-order valence-electron chi connectivity index (χ2n) is 5.75. The number of aryl methyl sites for hydroxylation is 3. The molecule has 0 aliphatic rings. The topological polar surface area (TPSA) is 74.1 Å². The lowest BCUT2D eigenvalue weighted by atomic mass is 10.1. The molecule has 0 N–H and O–H groups in total. The van der Waals surface area contributed by atoms with Crippen molar-refractivity contribution in [2.75, 3.05) is 6.61 Å². The molecule has 2 aromatic carbocycles. The molecule has 1 aromatic heterocycles. The number of ether oxygens (including phenoxy) is 1. The smallest absolute Gasteiger partial charge is 0.285 e. The maximum absolute atomic E-state index is 13.1. The Morgan fingerprint density at radius 1 is 1.08 bits per heavy atom. The maximum Gasteiger partial charge on any atom is 0.285 e. The van der Waals surface area contributed by atoms with Gasteiger partial charge < -0.3 is 4.74 Å². The van der Waals surface area contributed by atoms with E-state index in [1.165, 1.54) is 0 Å². The van der Waals surface area contributed by atoms with Gasteiger partial charge in [0.15, 0.2) is 0 Å². The number of aromatic nitrogens is 3. The van der Waals surface area contributed by atoms with Gasteiger partial charge in [0.25, 0.3) is 10.0 Å². The fourth-order valence-corrected chi connectivity index (χ4v) is 4.16. The van der Waals surface area contributed by atoms with Gasteiger partial charge in [0.2, 0.25) is 0 Å². The third-order valence-corrected chi connectivity index (χ3v) is 5.57. The van der Waals surface area contributed by atoms with Crippen LogP contribution in [-0.2, 0) is 10.0 Å². The molecule has 6 nitrogen and oxygen atoms in total. The van der Waals surface area contributed by atoms with Crippen molar-refractivity contribution in [1.29, 1.82) is 0 Å². The van der Waals surface area contributed by atoms with Gasteiger partial charge in [-0.3, -0.25) is 0 Å². The first-order valence-corrected chi connectivity index (χ1v) is 9.10. The van der Waals surface area contributed by atoms with Crippen LogP contribution in [0.15, 0.2) is 35.2 Å². The van der Waals surface area contributed by atoms with Crippen LogP contribution in [0.4, 0.5) is 0 Å². The van der Waals surface area contributed by atoms with Gasteiger partial charge in [0, 0.05) is 0 Å². The zero-order valence-corrected chi connectivity index (χ0v) is 14.9. The lowest BCUT2D eigenvalue weighted by Gasteiger charge is -2.13. The second-order valence-corrected chi connectivity index (χ2v) is 7.48. The Labute approximate surface area is 141 Å². The van der Waals surface area contributed by atoms with E-state index >= 15 is 0 Å². The van der Waals surface area contributed by atoms with Crippen molar-refractivity contribution in [3.8, 4) is 5.75 Å². The summed E-state index contributed by atoms with van der Waals surface area (Å²) in [5.74, 6) is 0.688. The summed E-state index contributed by atoms with van der Waals surface area (Å²) in [7, 11) is -3.83.